The number of benzene rings is 2. The van der Waals surface area contributed by atoms with Crippen LogP contribution >= 0.6 is 27.7 Å². The van der Waals surface area contributed by atoms with Gasteiger partial charge in [0.2, 0.25) is 10.6 Å². The van der Waals surface area contributed by atoms with E-state index in [0.717, 1.165) is 16.5 Å². The van der Waals surface area contributed by atoms with E-state index in [4.69, 9.17) is 5.73 Å². The zero-order valence-electron chi connectivity index (χ0n) is 11.7. The Morgan fingerprint density at radius 3 is 2.70 bits per heavy atom. The number of nitrogens with zero attached hydrogens (tertiary/aromatic N) is 4. The van der Waals surface area contributed by atoms with E-state index in [9.17, 15) is 10.1 Å². The molecule has 2 aromatic carbocycles. The summed E-state index contributed by atoms with van der Waals surface area (Å²) in [6.45, 7) is 0. The van der Waals surface area contributed by atoms with E-state index in [0.29, 0.717) is 15.5 Å². The van der Waals surface area contributed by atoms with Gasteiger partial charge in [-0.1, -0.05) is 36.0 Å². The van der Waals surface area contributed by atoms with Gasteiger partial charge in [-0.15, -0.1) is 10.2 Å². The number of nitriles is 1. The lowest BCUT2D eigenvalue weighted by atomic mass is 10.0. The zero-order valence-corrected chi connectivity index (χ0v) is 14.1. The molecule has 0 aliphatic heterocycles. The first-order chi connectivity index (χ1) is 11.1. The smallest absolute Gasteiger partial charge is 0.227 e. The first-order valence-corrected chi connectivity index (χ1v) is 8.34. The van der Waals surface area contributed by atoms with Gasteiger partial charge in [-0.25, -0.2) is 0 Å². The van der Waals surface area contributed by atoms with Crippen molar-refractivity contribution in [2.24, 2.45) is 5.73 Å². The number of hydrogen-bond donors (Lipinski definition) is 1. The van der Waals surface area contributed by atoms with E-state index in [1.165, 1.54) is 11.8 Å². The van der Waals surface area contributed by atoms with Gasteiger partial charge in [0.15, 0.2) is 5.16 Å². The van der Waals surface area contributed by atoms with Gasteiger partial charge in [0.25, 0.3) is 0 Å². The summed E-state index contributed by atoms with van der Waals surface area (Å²) in [5.74, 6) is -0.315. The third-order valence-corrected chi connectivity index (χ3v) is 4.66. The minimum Gasteiger partial charge on any atom is -0.369 e. The fourth-order valence-electron chi connectivity index (χ4n) is 2.26. The number of carbonyl (C=O) groups excluding carboxylic acids is 1. The minimum absolute atomic E-state index is 0.110. The van der Waals surface area contributed by atoms with Gasteiger partial charge >= 0.3 is 0 Å². The summed E-state index contributed by atoms with van der Waals surface area (Å²) in [5.41, 5.74) is 6.62. The van der Waals surface area contributed by atoms with Crippen molar-refractivity contribution < 1.29 is 4.79 Å². The van der Waals surface area contributed by atoms with Crippen LogP contribution in [0.2, 0.25) is 0 Å². The number of halogens is 1. The van der Waals surface area contributed by atoms with E-state index in [-0.39, 0.29) is 5.75 Å². The number of carbonyl (C=O) groups is 1. The number of fused-ring (bicyclic) bond motifs is 1. The van der Waals surface area contributed by atoms with E-state index < -0.39 is 5.91 Å². The van der Waals surface area contributed by atoms with E-state index in [2.05, 4.69) is 32.2 Å². The fourth-order valence-corrected chi connectivity index (χ4v) is 3.50. The van der Waals surface area contributed by atoms with Crippen LogP contribution in [0.25, 0.3) is 16.5 Å². The lowest BCUT2D eigenvalue weighted by Crippen LogP contribution is -2.13. The topological polar surface area (TPSA) is 97.6 Å². The zero-order chi connectivity index (χ0) is 16.4. The second-order valence-corrected chi connectivity index (χ2v) is 6.28. The minimum atomic E-state index is -0.426. The molecule has 3 aromatic rings. The highest BCUT2D eigenvalue weighted by atomic mass is 79.9. The summed E-state index contributed by atoms with van der Waals surface area (Å²) < 4.78 is 2.30. The molecule has 23 heavy (non-hydrogen) atoms. The van der Waals surface area contributed by atoms with Gasteiger partial charge in [-0.2, -0.15) is 5.26 Å². The number of primary amides is 1. The second kappa shape index (κ2) is 6.40. The Bertz CT molecular complexity index is 947. The second-order valence-electron chi connectivity index (χ2n) is 4.63. The van der Waals surface area contributed by atoms with Crippen molar-refractivity contribution in [1.82, 2.24) is 14.8 Å². The molecule has 1 heterocycles. The van der Waals surface area contributed by atoms with Crippen molar-refractivity contribution in [2.75, 3.05) is 5.75 Å². The van der Waals surface area contributed by atoms with Gasteiger partial charge in [0, 0.05) is 10.8 Å². The van der Waals surface area contributed by atoms with E-state index >= 15 is 0 Å². The first-order valence-electron chi connectivity index (χ1n) is 6.56. The normalized spacial score (nSPS) is 10.6. The lowest BCUT2D eigenvalue weighted by molar-refractivity contribution is -0.115. The van der Waals surface area contributed by atoms with Crippen molar-refractivity contribution in [3.05, 3.63) is 46.7 Å². The Balaban J connectivity index is 2.20. The third kappa shape index (κ3) is 2.93. The average molecular weight is 388 g/mol. The first kappa shape index (κ1) is 15.5. The van der Waals surface area contributed by atoms with Gasteiger partial charge in [-0.3, -0.25) is 9.36 Å². The van der Waals surface area contributed by atoms with Crippen LogP contribution in [-0.4, -0.2) is 26.4 Å². The highest BCUT2D eigenvalue weighted by molar-refractivity contribution is 9.10. The number of aromatic nitrogens is 3. The highest BCUT2D eigenvalue weighted by Crippen LogP contribution is 2.31. The summed E-state index contributed by atoms with van der Waals surface area (Å²) >= 11 is 4.59. The molecule has 114 valence electrons. The summed E-state index contributed by atoms with van der Waals surface area (Å²) in [7, 11) is 0. The van der Waals surface area contributed by atoms with Gasteiger partial charge < -0.3 is 5.73 Å². The summed E-state index contributed by atoms with van der Waals surface area (Å²) in [6, 6.07) is 13.4. The molecule has 0 aliphatic carbocycles. The Kier molecular flexibility index (Phi) is 4.32. The van der Waals surface area contributed by atoms with Gasteiger partial charge in [0.1, 0.15) is 0 Å². The maximum Gasteiger partial charge on any atom is 0.227 e. The predicted octanol–water partition coefficient (Wildman–Crippen LogP) is 2.63. The monoisotopic (exact) mass is 387 g/mol. The average Bonchev–Trinajstić information content (AvgIpc) is 2.92. The molecule has 0 bridgehead atoms. The molecule has 8 heteroatoms. The standard InChI is InChI=1S/C15H10BrN5OS/c16-14-19-20-15(23-8-13(18)22)21(14)12-6-5-9(7-17)10-3-1-2-4-11(10)12/h1-6H,8H2,(H2,18,22). The maximum atomic E-state index is 11.0. The largest absolute Gasteiger partial charge is 0.369 e. The molecule has 0 fully saturated rings. The van der Waals surface area contributed by atoms with Crippen LogP contribution in [0, 0.1) is 11.3 Å². The number of hydrogen-bond acceptors (Lipinski definition) is 5. The molecule has 6 nitrogen and oxygen atoms in total. The molecular weight excluding hydrogens is 378 g/mol. The SMILES string of the molecule is N#Cc1ccc(-n2c(Br)nnc2SCC(N)=O)c2ccccc12. The third-order valence-electron chi connectivity index (χ3n) is 3.20. The molecule has 0 aliphatic rings. The van der Waals surface area contributed by atoms with E-state index in [1.807, 2.05) is 30.3 Å². The van der Waals surface area contributed by atoms with Crippen molar-refractivity contribution in [3.63, 3.8) is 0 Å². The van der Waals surface area contributed by atoms with Crippen molar-refractivity contribution in [3.8, 4) is 11.8 Å². The quantitative estimate of drug-likeness (QED) is 0.693. The van der Waals surface area contributed by atoms with Crippen LogP contribution < -0.4 is 5.73 Å². The Morgan fingerprint density at radius 2 is 2.00 bits per heavy atom. The number of nitrogens with two attached hydrogens (primary N) is 1. The molecule has 2 N–H and O–H groups in total. The Labute approximate surface area is 144 Å². The van der Waals surface area contributed by atoms with Crippen LogP contribution in [0.3, 0.4) is 0 Å². The highest BCUT2D eigenvalue weighted by Gasteiger charge is 2.16. The molecule has 0 radical (unpaired) electrons. The molecule has 0 atom stereocenters. The van der Waals surface area contributed by atoms with Crippen LogP contribution in [0.4, 0.5) is 0 Å². The van der Waals surface area contributed by atoms with Crippen molar-refractivity contribution in [1.29, 1.82) is 5.26 Å². The predicted molar refractivity (Wildman–Crippen MR) is 91.2 cm³/mol. The van der Waals surface area contributed by atoms with Crippen LogP contribution in [0.5, 0.6) is 0 Å². The van der Waals surface area contributed by atoms with E-state index in [1.54, 1.807) is 10.6 Å². The number of thioether (sulfide) groups is 1. The number of rotatable bonds is 4. The van der Waals surface area contributed by atoms with Gasteiger partial charge in [0.05, 0.1) is 23.1 Å². The molecule has 1 aromatic heterocycles. The molecule has 0 saturated heterocycles. The molecule has 0 unspecified atom stereocenters. The molecule has 3 rings (SSSR count). The fraction of sp³-hybridized carbons (Fsp3) is 0.0667. The van der Waals surface area contributed by atoms with Crippen molar-refractivity contribution in [2.45, 2.75) is 5.16 Å². The molecule has 0 spiro atoms. The molecule has 1 amide bonds. The summed E-state index contributed by atoms with van der Waals surface area (Å²) in [6.07, 6.45) is 0. The van der Waals surface area contributed by atoms with Crippen LogP contribution in [0.15, 0.2) is 46.3 Å². The van der Waals surface area contributed by atoms with Crippen molar-refractivity contribution >= 4 is 44.4 Å². The summed E-state index contributed by atoms with van der Waals surface area (Å²) in [4.78, 5) is 11.0. The summed E-state index contributed by atoms with van der Waals surface area (Å²) in [5, 5.41) is 19.6. The molecule has 0 saturated carbocycles. The Hall–Kier alpha value is -2.37. The lowest BCUT2D eigenvalue weighted by Gasteiger charge is -2.11. The van der Waals surface area contributed by atoms with Gasteiger partial charge in [-0.05, 0) is 28.1 Å². The Morgan fingerprint density at radius 1 is 1.26 bits per heavy atom. The molecular formula is C15H10BrN5OS. The van der Waals surface area contributed by atoms with Crippen LogP contribution in [0.1, 0.15) is 5.56 Å². The maximum absolute atomic E-state index is 11.0. The number of amides is 1. The van der Waals surface area contributed by atoms with Crippen LogP contribution in [-0.2, 0) is 4.79 Å².